The maximum Gasteiger partial charge on any atom is 0.318 e. The average molecular weight is 307 g/mol. The highest BCUT2D eigenvalue weighted by atomic mass is 16.5. The lowest BCUT2D eigenvalue weighted by molar-refractivity contribution is -0.142. The molecule has 1 N–H and O–H groups in total. The molecule has 1 aliphatic rings. The largest absolute Gasteiger partial charge is 0.466 e. The minimum absolute atomic E-state index is 0.102. The van der Waals surface area contributed by atoms with Crippen molar-refractivity contribution in [2.45, 2.75) is 45.7 Å². The highest BCUT2D eigenvalue weighted by Crippen LogP contribution is 2.29. The summed E-state index contributed by atoms with van der Waals surface area (Å²) in [4.78, 5) is 25.6. The Labute approximate surface area is 131 Å². The number of aromatic nitrogens is 1. The summed E-state index contributed by atoms with van der Waals surface area (Å²) in [6.07, 6.45) is 4.23. The Hall–Kier alpha value is -1.98. The monoisotopic (exact) mass is 307 g/mol. The molecule has 22 heavy (non-hydrogen) atoms. The van der Waals surface area contributed by atoms with Gasteiger partial charge in [0, 0.05) is 31.5 Å². The van der Waals surface area contributed by atoms with E-state index in [1.165, 1.54) is 5.69 Å². The molecule has 0 spiro atoms. The first-order chi connectivity index (χ1) is 10.7. The van der Waals surface area contributed by atoms with Crippen molar-refractivity contribution >= 4 is 12.0 Å². The summed E-state index contributed by atoms with van der Waals surface area (Å²) >= 11 is 0. The van der Waals surface area contributed by atoms with E-state index in [4.69, 9.17) is 4.74 Å². The lowest BCUT2D eigenvalue weighted by Gasteiger charge is -2.37. The van der Waals surface area contributed by atoms with Crippen LogP contribution >= 0.6 is 0 Å². The number of nitrogens with zero attached hydrogens (tertiary/aromatic N) is 2. The van der Waals surface area contributed by atoms with E-state index in [-0.39, 0.29) is 24.5 Å². The summed E-state index contributed by atoms with van der Waals surface area (Å²) in [5.41, 5.74) is 1.19. The third kappa shape index (κ3) is 3.81. The molecule has 1 aromatic heterocycles. The second kappa shape index (κ2) is 7.87. The fraction of sp³-hybridized carbons (Fsp3) is 0.625. The molecular formula is C16H25N3O3. The van der Waals surface area contributed by atoms with E-state index in [2.05, 4.69) is 29.1 Å². The molecule has 0 saturated heterocycles. The van der Waals surface area contributed by atoms with Gasteiger partial charge in [0.05, 0.1) is 19.1 Å². The quantitative estimate of drug-likeness (QED) is 0.820. The van der Waals surface area contributed by atoms with Gasteiger partial charge in [0.15, 0.2) is 0 Å². The summed E-state index contributed by atoms with van der Waals surface area (Å²) in [6.45, 7) is 6.08. The van der Waals surface area contributed by atoms with Crippen molar-refractivity contribution in [2.75, 3.05) is 19.7 Å². The van der Waals surface area contributed by atoms with Crippen LogP contribution in [0.1, 0.15) is 44.8 Å². The Bertz CT molecular complexity index is 512. The summed E-state index contributed by atoms with van der Waals surface area (Å²) in [6, 6.07) is 4.12. The molecule has 0 aromatic carbocycles. The predicted octanol–water partition coefficient (Wildman–Crippen LogP) is 2.31. The van der Waals surface area contributed by atoms with Crippen molar-refractivity contribution in [3.8, 4) is 0 Å². The van der Waals surface area contributed by atoms with Gasteiger partial charge in [-0.1, -0.05) is 13.3 Å². The van der Waals surface area contributed by atoms with Crippen LogP contribution in [-0.2, 0) is 16.1 Å². The first-order valence-electron chi connectivity index (χ1n) is 8.02. The van der Waals surface area contributed by atoms with Crippen LogP contribution in [0.5, 0.6) is 0 Å². The number of carbonyl (C=O) groups excluding carboxylic acids is 2. The summed E-state index contributed by atoms with van der Waals surface area (Å²) in [5, 5.41) is 2.83. The van der Waals surface area contributed by atoms with E-state index < -0.39 is 0 Å². The minimum atomic E-state index is -0.277. The molecule has 1 aromatic rings. The molecule has 0 bridgehead atoms. The fourth-order valence-electron chi connectivity index (χ4n) is 2.89. The van der Waals surface area contributed by atoms with Crippen LogP contribution in [0.25, 0.3) is 0 Å². The van der Waals surface area contributed by atoms with Gasteiger partial charge in [0.1, 0.15) is 0 Å². The second-order valence-corrected chi connectivity index (χ2v) is 5.41. The van der Waals surface area contributed by atoms with E-state index >= 15 is 0 Å². The Morgan fingerprint density at radius 1 is 1.36 bits per heavy atom. The molecule has 1 atom stereocenters. The lowest BCUT2D eigenvalue weighted by Crippen LogP contribution is -2.47. The van der Waals surface area contributed by atoms with Crippen molar-refractivity contribution in [2.24, 2.45) is 0 Å². The first kappa shape index (κ1) is 16.4. The number of ether oxygens (including phenoxy) is 1. The highest BCUT2D eigenvalue weighted by molar-refractivity contribution is 5.76. The SMILES string of the molecule is CCCC1c2cccn2CCN1C(=O)NCCC(=O)OCC. The lowest BCUT2D eigenvalue weighted by atomic mass is 10.0. The van der Waals surface area contributed by atoms with Crippen molar-refractivity contribution in [3.63, 3.8) is 0 Å². The fourth-order valence-corrected chi connectivity index (χ4v) is 2.89. The second-order valence-electron chi connectivity index (χ2n) is 5.41. The van der Waals surface area contributed by atoms with Crippen molar-refractivity contribution in [1.82, 2.24) is 14.8 Å². The van der Waals surface area contributed by atoms with Gasteiger partial charge < -0.3 is 19.5 Å². The van der Waals surface area contributed by atoms with Crippen molar-refractivity contribution in [1.29, 1.82) is 0 Å². The van der Waals surface area contributed by atoms with E-state index in [1.807, 2.05) is 11.0 Å². The first-order valence-corrected chi connectivity index (χ1v) is 8.02. The molecule has 1 aliphatic heterocycles. The third-order valence-electron chi connectivity index (χ3n) is 3.90. The number of carbonyl (C=O) groups is 2. The summed E-state index contributed by atoms with van der Waals surface area (Å²) in [7, 11) is 0. The molecule has 6 nitrogen and oxygen atoms in total. The number of rotatable bonds is 6. The van der Waals surface area contributed by atoms with Crippen LogP contribution in [-0.4, -0.2) is 41.2 Å². The number of fused-ring (bicyclic) bond motifs is 1. The maximum atomic E-state index is 12.4. The van der Waals surface area contributed by atoms with Gasteiger partial charge in [-0.25, -0.2) is 4.79 Å². The van der Waals surface area contributed by atoms with Gasteiger partial charge in [-0.05, 0) is 25.5 Å². The molecule has 0 fully saturated rings. The van der Waals surface area contributed by atoms with Crippen LogP contribution in [0.4, 0.5) is 4.79 Å². The van der Waals surface area contributed by atoms with Gasteiger partial charge in [-0.2, -0.15) is 0 Å². The van der Waals surface area contributed by atoms with Crippen LogP contribution in [0.15, 0.2) is 18.3 Å². The van der Waals surface area contributed by atoms with E-state index in [0.717, 1.165) is 19.4 Å². The van der Waals surface area contributed by atoms with Gasteiger partial charge in [0.25, 0.3) is 0 Å². The van der Waals surface area contributed by atoms with Crippen LogP contribution < -0.4 is 5.32 Å². The molecule has 6 heteroatoms. The molecular weight excluding hydrogens is 282 g/mol. The van der Waals surface area contributed by atoms with Crippen molar-refractivity contribution in [3.05, 3.63) is 24.0 Å². The minimum Gasteiger partial charge on any atom is -0.466 e. The zero-order valence-electron chi connectivity index (χ0n) is 13.4. The number of nitrogens with one attached hydrogen (secondary N) is 1. The van der Waals surface area contributed by atoms with Crippen LogP contribution in [0.3, 0.4) is 0 Å². The zero-order valence-corrected chi connectivity index (χ0v) is 13.4. The average Bonchev–Trinajstić information content (AvgIpc) is 2.96. The van der Waals surface area contributed by atoms with E-state index in [1.54, 1.807) is 6.92 Å². The molecule has 1 unspecified atom stereocenters. The molecule has 2 rings (SSSR count). The Morgan fingerprint density at radius 2 is 2.18 bits per heavy atom. The van der Waals surface area contributed by atoms with E-state index in [0.29, 0.717) is 19.7 Å². The summed E-state index contributed by atoms with van der Waals surface area (Å²) in [5.74, 6) is -0.277. The normalized spacial score (nSPS) is 17.0. The number of esters is 1. The molecule has 0 radical (unpaired) electrons. The predicted molar refractivity (Wildman–Crippen MR) is 83.4 cm³/mol. The van der Waals surface area contributed by atoms with Crippen molar-refractivity contribution < 1.29 is 14.3 Å². The van der Waals surface area contributed by atoms with Gasteiger partial charge in [-0.15, -0.1) is 0 Å². The highest BCUT2D eigenvalue weighted by Gasteiger charge is 2.29. The summed E-state index contributed by atoms with van der Waals surface area (Å²) < 4.78 is 7.07. The maximum absolute atomic E-state index is 12.4. The Kier molecular flexibility index (Phi) is 5.86. The van der Waals surface area contributed by atoms with Gasteiger partial charge in [-0.3, -0.25) is 4.79 Å². The van der Waals surface area contributed by atoms with Gasteiger partial charge >= 0.3 is 12.0 Å². The molecule has 122 valence electrons. The van der Waals surface area contributed by atoms with Crippen LogP contribution in [0.2, 0.25) is 0 Å². The zero-order chi connectivity index (χ0) is 15.9. The standard InChI is InChI=1S/C16H25N3O3/c1-3-6-14-13-7-5-10-18(13)11-12-19(14)16(21)17-9-8-15(20)22-4-2/h5,7,10,14H,3-4,6,8-9,11-12H2,1-2H3,(H,17,21). The third-order valence-corrected chi connectivity index (χ3v) is 3.90. The number of amides is 2. The van der Waals surface area contributed by atoms with E-state index in [9.17, 15) is 9.59 Å². The topological polar surface area (TPSA) is 63.6 Å². The number of hydrogen-bond acceptors (Lipinski definition) is 3. The van der Waals surface area contributed by atoms with Gasteiger partial charge in [0.2, 0.25) is 0 Å². The smallest absolute Gasteiger partial charge is 0.318 e. The molecule has 2 heterocycles. The Morgan fingerprint density at radius 3 is 2.91 bits per heavy atom. The molecule has 0 aliphatic carbocycles. The molecule has 2 amide bonds. The molecule has 0 saturated carbocycles. The van der Waals surface area contributed by atoms with Crippen LogP contribution in [0, 0.1) is 0 Å². The number of hydrogen-bond donors (Lipinski definition) is 1. The number of urea groups is 1. The Balaban J connectivity index is 1.92.